The summed E-state index contributed by atoms with van der Waals surface area (Å²) in [6.07, 6.45) is 5.43. The molecule has 30 heavy (non-hydrogen) atoms. The number of benzene rings is 1. The molecule has 0 bridgehead atoms. The lowest BCUT2D eigenvalue weighted by Gasteiger charge is -2.33. The Hall–Kier alpha value is -2.67. The van der Waals surface area contributed by atoms with Crippen LogP contribution < -0.4 is 0 Å². The Bertz CT molecular complexity index is 912. The van der Waals surface area contributed by atoms with Crippen molar-refractivity contribution in [1.82, 2.24) is 19.4 Å². The second-order valence-electron chi connectivity index (χ2n) is 8.50. The highest BCUT2D eigenvalue weighted by Crippen LogP contribution is 2.29. The van der Waals surface area contributed by atoms with Gasteiger partial charge in [0.2, 0.25) is 5.91 Å². The van der Waals surface area contributed by atoms with Crippen LogP contribution in [0.4, 0.5) is 0 Å². The lowest BCUT2D eigenvalue weighted by Crippen LogP contribution is -2.44. The molecule has 3 aliphatic rings. The number of aromatic nitrogens is 2. The maximum absolute atomic E-state index is 13.1. The summed E-state index contributed by atoms with van der Waals surface area (Å²) >= 11 is 0. The van der Waals surface area contributed by atoms with E-state index in [0.29, 0.717) is 31.9 Å². The lowest BCUT2D eigenvalue weighted by atomic mass is 9.95. The molecule has 0 unspecified atom stereocenters. The van der Waals surface area contributed by atoms with Crippen LogP contribution in [0.3, 0.4) is 0 Å². The molecule has 3 aliphatic heterocycles. The van der Waals surface area contributed by atoms with Crippen molar-refractivity contribution in [3.8, 4) is 0 Å². The first-order valence-electron chi connectivity index (χ1n) is 11.0. The number of carbonyl (C=O) groups is 2. The number of likely N-dealkylation sites (tertiary alicyclic amines) is 2. The fraction of sp³-hybridized carbons (Fsp3) is 0.522. The largest absolute Gasteiger partial charge is 0.365 e. The van der Waals surface area contributed by atoms with E-state index in [2.05, 4.69) is 17.1 Å². The maximum Gasteiger partial charge on any atom is 0.274 e. The Morgan fingerprint density at radius 3 is 2.43 bits per heavy atom. The van der Waals surface area contributed by atoms with Gasteiger partial charge < -0.3 is 19.1 Å². The molecule has 0 radical (unpaired) electrons. The predicted molar refractivity (Wildman–Crippen MR) is 111 cm³/mol. The summed E-state index contributed by atoms with van der Waals surface area (Å²) in [5.41, 5.74) is 2.47. The molecule has 5 rings (SSSR count). The normalized spacial score (nSPS) is 22.2. The smallest absolute Gasteiger partial charge is 0.274 e. The molecule has 0 aliphatic carbocycles. The van der Waals surface area contributed by atoms with Crippen molar-refractivity contribution >= 4 is 11.8 Å². The third-order valence-electron chi connectivity index (χ3n) is 6.65. The van der Waals surface area contributed by atoms with Gasteiger partial charge in [-0.15, -0.1) is 0 Å². The van der Waals surface area contributed by atoms with Gasteiger partial charge in [-0.3, -0.25) is 9.59 Å². The minimum atomic E-state index is -0.0439. The van der Waals surface area contributed by atoms with Crippen molar-refractivity contribution in [2.45, 2.75) is 44.9 Å². The summed E-state index contributed by atoms with van der Waals surface area (Å²) in [6.45, 7) is 4.05. The number of fused-ring (bicyclic) bond motifs is 1. The van der Waals surface area contributed by atoms with Crippen LogP contribution in [-0.2, 0) is 22.7 Å². The number of ether oxygens (including phenoxy) is 1. The number of imidazole rings is 1. The molecule has 1 aromatic carbocycles. The zero-order chi connectivity index (χ0) is 20.5. The molecular formula is C23H28N4O3. The van der Waals surface area contributed by atoms with Crippen molar-refractivity contribution in [1.29, 1.82) is 0 Å². The molecule has 4 heterocycles. The standard InChI is InChI=1S/C23H28N4O3/c28-22(25-10-4-5-11-25)18-8-12-26(13-9-18)23(29)21-19-15-30-20(14-27(19)16-24-21)17-6-2-1-3-7-17/h1-3,6-7,16,18,20H,4-5,8-15H2/t20-/m1/s1. The third-order valence-corrected chi connectivity index (χ3v) is 6.65. The Labute approximate surface area is 176 Å². The highest BCUT2D eigenvalue weighted by atomic mass is 16.5. The van der Waals surface area contributed by atoms with Gasteiger partial charge >= 0.3 is 0 Å². The fourth-order valence-corrected chi connectivity index (χ4v) is 4.85. The van der Waals surface area contributed by atoms with E-state index in [1.54, 1.807) is 6.33 Å². The van der Waals surface area contributed by atoms with Crippen LogP contribution in [0.5, 0.6) is 0 Å². The Balaban J connectivity index is 1.22. The van der Waals surface area contributed by atoms with Crippen LogP contribution in [0.2, 0.25) is 0 Å². The molecule has 1 aromatic heterocycles. The van der Waals surface area contributed by atoms with E-state index in [0.717, 1.165) is 50.0 Å². The zero-order valence-electron chi connectivity index (χ0n) is 17.2. The van der Waals surface area contributed by atoms with Gasteiger partial charge in [0, 0.05) is 32.1 Å². The molecule has 0 spiro atoms. The summed E-state index contributed by atoms with van der Waals surface area (Å²) in [4.78, 5) is 34.0. The van der Waals surface area contributed by atoms with E-state index in [-0.39, 0.29) is 23.8 Å². The van der Waals surface area contributed by atoms with E-state index in [9.17, 15) is 9.59 Å². The minimum Gasteiger partial charge on any atom is -0.365 e. The third kappa shape index (κ3) is 3.62. The number of piperidine rings is 1. The van der Waals surface area contributed by atoms with Gasteiger partial charge in [0.15, 0.2) is 5.69 Å². The van der Waals surface area contributed by atoms with Crippen molar-refractivity contribution in [3.05, 3.63) is 53.6 Å². The molecule has 0 N–H and O–H groups in total. The van der Waals surface area contributed by atoms with Crippen LogP contribution in [0, 0.1) is 5.92 Å². The minimum absolute atomic E-state index is 0.0248. The van der Waals surface area contributed by atoms with Gasteiger partial charge in [-0.25, -0.2) is 4.98 Å². The molecule has 158 valence electrons. The van der Waals surface area contributed by atoms with Gasteiger partial charge in [-0.1, -0.05) is 30.3 Å². The van der Waals surface area contributed by atoms with E-state index < -0.39 is 0 Å². The number of hydrogen-bond acceptors (Lipinski definition) is 4. The van der Waals surface area contributed by atoms with Crippen LogP contribution >= 0.6 is 0 Å². The van der Waals surface area contributed by atoms with Gasteiger partial charge in [0.25, 0.3) is 5.91 Å². The van der Waals surface area contributed by atoms with E-state index in [1.165, 1.54) is 0 Å². The summed E-state index contributed by atoms with van der Waals surface area (Å²) in [5, 5.41) is 0. The highest BCUT2D eigenvalue weighted by molar-refractivity contribution is 5.93. The van der Waals surface area contributed by atoms with Crippen molar-refractivity contribution in [2.75, 3.05) is 26.2 Å². The van der Waals surface area contributed by atoms with Gasteiger partial charge in [0.05, 0.1) is 25.2 Å². The Kier molecular flexibility index (Phi) is 5.29. The number of carbonyl (C=O) groups excluding carboxylic acids is 2. The second kappa shape index (κ2) is 8.22. The SMILES string of the molecule is O=C(c1ncn2c1CO[C@@H](c1ccccc1)C2)N1CCC(C(=O)N2CCCC2)CC1. The fourth-order valence-electron chi connectivity index (χ4n) is 4.85. The molecular weight excluding hydrogens is 380 g/mol. The molecule has 0 saturated carbocycles. The molecule has 2 aromatic rings. The lowest BCUT2D eigenvalue weighted by molar-refractivity contribution is -0.135. The average Bonchev–Trinajstić information content (AvgIpc) is 3.49. The summed E-state index contributed by atoms with van der Waals surface area (Å²) < 4.78 is 8.09. The van der Waals surface area contributed by atoms with Gasteiger partial charge in [-0.05, 0) is 31.2 Å². The molecule has 1 atom stereocenters. The molecule has 2 fully saturated rings. The first kappa shape index (κ1) is 19.3. The molecule has 7 heteroatoms. The van der Waals surface area contributed by atoms with Crippen LogP contribution in [-0.4, -0.2) is 57.3 Å². The zero-order valence-corrected chi connectivity index (χ0v) is 17.2. The first-order valence-corrected chi connectivity index (χ1v) is 11.0. The van der Waals surface area contributed by atoms with Crippen molar-refractivity contribution in [3.63, 3.8) is 0 Å². The number of nitrogens with zero attached hydrogens (tertiary/aromatic N) is 4. The van der Waals surface area contributed by atoms with E-state index in [1.807, 2.05) is 32.6 Å². The first-order chi connectivity index (χ1) is 14.7. The van der Waals surface area contributed by atoms with Crippen molar-refractivity contribution < 1.29 is 14.3 Å². The van der Waals surface area contributed by atoms with Crippen LogP contribution in [0.1, 0.15) is 53.5 Å². The number of hydrogen-bond donors (Lipinski definition) is 0. The number of amides is 2. The average molecular weight is 409 g/mol. The van der Waals surface area contributed by atoms with Crippen molar-refractivity contribution in [2.24, 2.45) is 5.92 Å². The molecule has 2 saturated heterocycles. The Morgan fingerprint density at radius 1 is 0.967 bits per heavy atom. The topological polar surface area (TPSA) is 67.7 Å². The summed E-state index contributed by atoms with van der Waals surface area (Å²) in [5.74, 6) is 0.287. The quantitative estimate of drug-likeness (QED) is 0.783. The van der Waals surface area contributed by atoms with Gasteiger partial charge in [0.1, 0.15) is 6.10 Å². The number of rotatable bonds is 3. The van der Waals surface area contributed by atoms with E-state index in [4.69, 9.17) is 4.74 Å². The maximum atomic E-state index is 13.1. The second-order valence-corrected chi connectivity index (χ2v) is 8.50. The van der Waals surface area contributed by atoms with E-state index >= 15 is 0 Å². The summed E-state index contributed by atoms with van der Waals surface area (Å²) in [7, 11) is 0. The molecule has 2 amide bonds. The predicted octanol–water partition coefficient (Wildman–Crippen LogP) is 2.63. The van der Waals surface area contributed by atoms with Crippen LogP contribution in [0.15, 0.2) is 36.7 Å². The van der Waals surface area contributed by atoms with Crippen LogP contribution in [0.25, 0.3) is 0 Å². The summed E-state index contributed by atoms with van der Waals surface area (Å²) in [6, 6.07) is 10.1. The highest BCUT2D eigenvalue weighted by Gasteiger charge is 2.34. The van der Waals surface area contributed by atoms with Gasteiger partial charge in [-0.2, -0.15) is 0 Å². The monoisotopic (exact) mass is 408 g/mol. The Morgan fingerprint density at radius 2 is 1.70 bits per heavy atom. The molecule has 7 nitrogen and oxygen atoms in total.